The molecule has 1 saturated heterocycles. The lowest BCUT2D eigenvalue weighted by Crippen LogP contribution is -2.53. The summed E-state index contributed by atoms with van der Waals surface area (Å²) in [6, 6.07) is 0. The predicted molar refractivity (Wildman–Crippen MR) is 71.5 cm³/mol. The second-order valence-corrected chi connectivity index (χ2v) is 6.84. The van der Waals surface area contributed by atoms with Crippen molar-refractivity contribution in [2.75, 3.05) is 13.1 Å². The summed E-state index contributed by atoms with van der Waals surface area (Å²) in [7, 11) is 0. The lowest BCUT2D eigenvalue weighted by molar-refractivity contribution is 0.0431. The first kappa shape index (κ1) is 13.7. The van der Waals surface area contributed by atoms with Crippen molar-refractivity contribution in [3.63, 3.8) is 0 Å². The Hall–Kier alpha value is -0.770. The maximum absolute atomic E-state index is 12.0. The molecule has 0 aromatic rings. The number of carbonyl (C=O) groups is 1. The van der Waals surface area contributed by atoms with Crippen LogP contribution in [0.3, 0.4) is 0 Å². The van der Waals surface area contributed by atoms with Gasteiger partial charge in [-0.25, -0.2) is 4.79 Å². The van der Waals surface area contributed by atoms with E-state index >= 15 is 0 Å². The molecule has 0 unspecified atom stereocenters. The highest BCUT2D eigenvalue weighted by Gasteiger charge is 2.39. The smallest absolute Gasteiger partial charge is 0.408 e. The van der Waals surface area contributed by atoms with Crippen LogP contribution in [0.15, 0.2) is 0 Å². The Morgan fingerprint density at radius 2 is 1.94 bits per heavy atom. The maximum Gasteiger partial charge on any atom is 0.408 e. The summed E-state index contributed by atoms with van der Waals surface area (Å²) in [6.45, 7) is 7.91. The molecule has 1 heterocycles. The van der Waals surface area contributed by atoms with E-state index in [1.54, 1.807) is 0 Å². The van der Waals surface area contributed by atoms with Crippen LogP contribution < -0.4 is 10.6 Å². The van der Waals surface area contributed by atoms with E-state index in [9.17, 15) is 4.79 Å². The number of amides is 1. The molecule has 1 aliphatic heterocycles. The maximum atomic E-state index is 12.0. The Morgan fingerprint density at radius 1 is 1.33 bits per heavy atom. The number of nitrogens with one attached hydrogen (secondary N) is 2. The van der Waals surface area contributed by atoms with Crippen molar-refractivity contribution in [1.29, 1.82) is 0 Å². The molecule has 1 amide bonds. The lowest BCUT2D eigenvalue weighted by Gasteiger charge is -2.38. The first-order chi connectivity index (χ1) is 8.39. The average molecular weight is 254 g/mol. The fourth-order valence-electron chi connectivity index (χ4n) is 3.00. The molecule has 18 heavy (non-hydrogen) atoms. The van der Waals surface area contributed by atoms with Gasteiger partial charge in [-0.1, -0.05) is 12.8 Å². The van der Waals surface area contributed by atoms with E-state index < -0.39 is 5.60 Å². The second-order valence-electron chi connectivity index (χ2n) is 6.84. The molecule has 2 aliphatic rings. The summed E-state index contributed by atoms with van der Waals surface area (Å²) in [4.78, 5) is 12.0. The molecule has 0 aromatic carbocycles. The van der Waals surface area contributed by atoms with E-state index in [4.69, 9.17) is 4.74 Å². The van der Waals surface area contributed by atoms with E-state index in [1.807, 2.05) is 20.8 Å². The highest BCUT2D eigenvalue weighted by Crippen LogP contribution is 2.36. The third kappa shape index (κ3) is 3.61. The second kappa shape index (κ2) is 5.08. The Balaban J connectivity index is 1.90. The zero-order valence-electron chi connectivity index (χ0n) is 11.8. The molecule has 2 fully saturated rings. The molecule has 2 rings (SSSR count). The highest BCUT2D eigenvalue weighted by molar-refractivity contribution is 5.68. The fourth-order valence-corrected chi connectivity index (χ4v) is 3.00. The van der Waals surface area contributed by atoms with Crippen molar-refractivity contribution in [2.45, 2.75) is 64.0 Å². The van der Waals surface area contributed by atoms with Gasteiger partial charge in [-0.3, -0.25) is 0 Å². The van der Waals surface area contributed by atoms with Crippen LogP contribution in [0.5, 0.6) is 0 Å². The Morgan fingerprint density at radius 3 is 2.39 bits per heavy atom. The minimum absolute atomic E-state index is 0.00486. The summed E-state index contributed by atoms with van der Waals surface area (Å²) >= 11 is 0. The van der Waals surface area contributed by atoms with Crippen molar-refractivity contribution in [1.82, 2.24) is 10.6 Å². The zero-order chi connectivity index (χ0) is 13.2. The van der Waals surface area contributed by atoms with E-state index in [1.165, 1.54) is 12.8 Å². The molecule has 0 aromatic heterocycles. The van der Waals surface area contributed by atoms with Crippen molar-refractivity contribution in [2.24, 2.45) is 5.92 Å². The van der Waals surface area contributed by atoms with Gasteiger partial charge in [-0.15, -0.1) is 0 Å². The SMILES string of the molecule is CC(C)(C)OC(=O)NC1(CC2CNC2)CCCC1. The molecular formula is C14H26N2O2. The normalized spacial score (nSPS) is 23.5. The van der Waals surface area contributed by atoms with Gasteiger partial charge in [-0.05, 0) is 59.0 Å². The standard InChI is InChI=1S/C14H26N2O2/c1-13(2,3)18-12(17)16-14(6-4-5-7-14)8-11-9-15-10-11/h11,15H,4-10H2,1-3H3,(H,16,17). The molecule has 0 radical (unpaired) electrons. The summed E-state index contributed by atoms with van der Waals surface area (Å²) in [5, 5.41) is 6.46. The van der Waals surface area contributed by atoms with Gasteiger partial charge >= 0.3 is 6.09 Å². The number of hydrogen-bond donors (Lipinski definition) is 2. The predicted octanol–water partition coefficient (Wildman–Crippen LogP) is 2.43. The topological polar surface area (TPSA) is 50.4 Å². The molecule has 2 N–H and O–H groups in total. The molecule has 4 nitrogen and oxygen atoms in total. The molecule has 4 heteroatoms. The third-order valence-electron chi connectivity index (χ3n) is 3.87. The zero-order valence-corrected chi connectivity index (χ0v) is 11.8. The quantitative estimate of drug-likeness (QED) is 0.813. The monoisotopic (exact) mass is 254 g/mol. The number of ether oxygens (including phenoxy) is 1. The van der Waals surface area contributed by atoms with Crippen LogP contribution in [0.25, 0.3) is 0 Å². The molecule has 0 atom stereocenters. The van der Waals surface area contributed by atoms with Gasteiger partial charge < -0.3 is 15.4 Å². The largest absolute Gasteiger partial charge is 0.444 e. The van der Waals surface area contributed by atoms with Gasteiger partial charge in [0.25, 0.3) is 0 Å². The molecular weight excluding hydrogens is 228 g/mol. The van der Waals surface area contributed by atoms with Crippen LogP contribution in [0.1, 0.15) is 52.9 Å². The number of hydrogen-bond acceptors (Lipinski definition) is 3. The molecule has 0 bridgehead atoms. The minimum atomic E-state index is -0.415. The first-order valence-electron chi connectivity index (χ1n) is 7.10. The number of rotatable bonds is 3. The Labute approximate surface area is 110 Å². The Kier molecular flexibility index (Phi) is 3.85. The molecule has 104 valence electrons. The van der Waals surface area contributed by atoms with Gasteiger partial charge in [-0.2, -0.15) is 0 Å². The van der Waals surface area contributed by atoms with Crippen LogP contribution in [0.4, 0.5) is 4.79 Å². The van der Waals surface area contributed by atoms with Crippen LogP contribution in [0, 0.1) is 5.92 Å². The van der Waals surface area contributed by atoms with Gasteiger partial charge in [0, 0.05) is 5.54 Å². The number of alkyl carbamates (subject to hydrolysis) is 1. The van der Waals surface area contributed by atoms with E-state index in [0.29, 0.717) is 0 Å². The van der Waals surface area contributed by atoms with Crippen LogP contribution in [-0.2, 0) is 4.74 Å². The van der Waals surface area contributed by atoms with Gasteiger partial charge in [0.1, 0.15) is 5.60 Å². The summed E-state index contributed by atoms with van der Waals surface area (Å²) in [5.41, 5.74) is -0.420. The summed E-state index contributed by atoms with van der Waals surface area (Å²) in [6.07, 6.45) is 5.48. The van der Waals surface area contributed by atoms with Crippen molar-refractivity contribution >= 4 is 6.09 Å². The Bertz CT molecular complexity index is 299. The summed E-state index contributed by atoms with van der Waals surface area (Å²) in [5.74, 6) is 0.720. The van der Waals surface area contributed by atoms with Crippen LogP contribution in [0.2, 0.25) is 0 Å². The molecule has 1 aliphatic carbocycles. The first-order valence-corrected chi connectivity index (χ1v) is 7.10. The van der Waals surface area contributed by atoms with Crippen LogP contribution in [-0.4, -0.2) is 30.3 Å². The van der Waals surface area contributed by atoms with Crippen molar-refractivity contribution in [3.8, 4) is 0 Å². The van der Waals surface area contributed by atoms with Crippen molar-refractivity contribution in [3.05, 3.63) is 0 Å². The van der Waals surface area contributed by atoms with E-state index in [2.05, 4.69) is 10.6 Å². The average Bonchev–Trinajstić information content (AvgIpc) is 2.57. The van der Waals surface area contributed by atoms with Crippen molar-refractivity contribution < 1.29 is 9.53 Å². The minimum Gasteiger partial charge on any atom is -0.444 e. The van der Waals surface area contributed by atoms with Gasteiger partial charge in [0.15, 0.2) is 0 Å². The molecule has 1 saturated carbocycles. The van der Waals surface area contributed by atoms with E-state index in [0.717, 1.165) is 38.3 Å². The van der Waals surface area contributed by atoms with E-state index in [-0.39, 0.29) is 11.6 Å². The summed E-state index contributed by atoms with van der Waals surface area (Å²) < 4.78 is 5.39. The highest BCUT2D eigenvalue weighted by atomic mass is 16.6. The third-order valence-corrected chi connectivity index (χ3v) is 3.87. The van der Waals surface area contributed by atoms with Gasteiger partial charge in [0.05, 0.1) is 0 Å². The molecule has 0 spiro atoms. The van der Waals surface area contributed by atoms with Crippen LogP contribution >= 0.6 is 0 Å². The van der Waals surface area contributed by atoms with Gasteiger partial charge in [0.2, 0.25) is 0 Å². The number of carbonyl (C=O) groups excluding carboxylic acids is 1. The lowest BCUT2D eigenvalue weighted by atomic mass is 9.83. The fraction of sp³-hybridized carbons (Fsp3) is 0.929.